The molecule has 1 amide bonds. The molecule has 2 aliphatic carbocycles. The van der Waals surface area contributed by atoms with Gasteiger partial charge >= 0.3 is 0 Å². The van der Waals surface area contributed by atoms with Gasteiger partial charge in [0.1, 0.15) is 15.7 Å². The molecule has 5 rings (SSSR count). The van der Waals surface area contributed by atoms with Crippen LogP contribution >= 0.6 is 23.1 Å². The van der Waals surface area contributed by atoms with Gasteiger partial charge in [-0.05, 0) is 62.8 Å². The Balaban J connectivity index is 1.45. The fourth-order valence-electron chi connectivity index (χ4n) is 4.32. The summed E-state index contributed by atoms with van der Waals surface area (Å²) in [4.78, 5) is 27.3. The molecule has 4 nitrogen and oxygen atoms in total. The predicted molar refractivity (Wildman–Crippen MR) is 112 cm³/mol. The predicted octanol–water partition coefficient (Wildman–Crippen LogP) is 4.80. The summed E-state index contributed by atoms with van der Waals surface area (Å²) in [5.41, 5.74) is 1.48. The second kappa shape index (κ2) is 7.36. The molecule has 6 heteroatoms. The van der Waals surface area contributed by atoms with Crippen LogP contribution in [0.15, 0.2) is 5.03 Å². The molecule has 0 spiro atoms. The summed E-state index contributed by atoms with van der Waals surface area (Å²) in [6.07, 6.45) is 9.54. The second-order valence-electron chi connectivity index (χ2n) is 8.42. The van der Waals surface area contributed by atoms with Crippen LogP contribution in [0.25, 0.3) is 10.2 Å². The first-order valence-corrected chi connectivity index (χ1v) is 12.2. The van der Waals surface area contributed by atoms with E-state index in [2.05, 4.69) is 6.92 Å². The first kappa shape index (κ1) is 17.9. The van der Waals surface area contributed by atoms with E-state index in [0.29, 0.717) is 11.7 Å². The van der Waals surface area contributed by atoms with E-state index < -0.39 is 0 Å². The standard InChI is InChI=1S/C21H27N3OS2/c1-13-5-8-15-16(11-13)27-21-18(15)20(22-19(23-21)14-6-7-14)26-12-17(25)24-9-3-2-4-10-24/h13-14H,2-12H2,1H3/t13-/m1/s1. The lowest BCUT2D eigenvalue weighted by Gasteiger charge is -2.26. The van der Waals surface area contributed by atoms with Gasteiger partial charge in [-0.3, -0.25) is 4.79 Å². The van der Waals surface area contributed by atoms with Gasteiger partial charge in [0.05, 0.1) is 5.75 Å². The average Bonchev–Trinajstić information content (AvgIpc) is 3.47. The highest BCUT2D eigenvalue weighted by Crippen LogP contribution is 2.44. The van der Waals surface area contributed by atoms with Crippen molar-refractivity contribution < 1.29 is 4.79 Å². The van der Waals surface area contributed by atoms with Gasteiger partial charge in [-0.25, -0.2) is 9.97 Å². The maximum Gasteiger partial charge on any atom is 0.232 e. The zero-order chi connectivity index (χ0) is 18.4. The van der Waals surface area contributed by atoms with E-state index in [0.717, 1.165) is 49.1 Å². The monoisotopic (exact) mass is 401 g/mol. The fourth-order valence-corrected chi connectivity index (χ4v) is 6.74. The molecule has 1 saturated heterocycles. The van der Waals surface area contributed by atoms with Crippen LogP contribution in [0.2, 0.25) is 0 Å². The van der Waals surface area contributed by atoms with Crippen LogP contribution < -0.4 is 0 Å². The molecule has 1 saturated carbocycles. The lowest BCUT2D eigenvalue weighted by Crippen LogP contribution is -2.36. The van der Waals surface area contributed by atoms with Crippen molar-refractivity contribution in [2.24, 2.45) is 5.92 Å². The number of likely N-dealkylation sites (tertiary alicyclic amines) is 1. The Morgan fingerprint density at radius 3 is 2.78 bits per heavy atom. The van der Waals surface area contributed by atoms with Crippen LogP contribution in [-0.2, 0) is 17.6 Å². The number of aryl methyl sites for hydroxylation is 1. The molecule has 0 bridgehead atoms. The van der Waals surface area contributed by atoms with Gasteiger partial charge in [0.15, 0.2) is 0 Å². The van der Waals surface area contributed by atoms with Crippen molar-refractivity contribution in [3.63, 3.8) is 0 Å². The number of aromatic nitrogens is 2. The van der Waals surface area contributed by atoms with Gasteiger partial charge in [-0.15, -0.1) is 11.3 Å². The third kappa shape index (κ3) is 3.63. The Kier molecular flexibility index (Phi) is 4.88. The van der Waals surface area contributed by atoms with Crippen molar-refractivity contribution in [3.8, 4) is 0 Å². The summed E-state index contributed by atoms with van der Waals surface area (Å²) in [5, 5.41) is 2.34. The molecule has 0 unspecified atom stereocenters. The number of thiophene rings is 1. The first-order valence-electron chi connectivity index (χ1n) is 10.4. The second-order valence-corrected chi connectivity index (χ2v) is 10.5. The fraction of sp³-hybridized carbons (Fsp3) is 0.667. The van der Waals surface area contributed by atoms with Crippen molar-refractivity contribution in [2.45, 2.75) is 69.2 Å². The number of nitrogens with zero attached hydrogens (tertiary/aromatic N) is 3. The molecule has 27 heavy (non-hydrogen) atoms. The lowest BCUT2D eigenvalue weighted by atomic mass is 9.89. The molecule has 144 valence electrons. The Morgan fingerprint density at radius 1 is 1.19 bits per heavy atom. The minimum absolute atomic E-state index is 0.275. The normalized spacial score (nSPS) is 22.9. The van der Waals surface area contributed by atoms with Gasteiger partial charge in [-0.1, -0.05) is 18.7 Å². The van der Waals surface area contributed by atoms with Crippen molar-refractivity contribution in [1.82, 2.24) is 14.9 Å². The Hall–Kier alpha value is -1.14. The van der Waals surface area contributed by atoms with Crippen LogP contribution in [0.4, 0.5) is 0 Å². The number of rotatable bonds is 4. The number of fused-ring (bicyclic) bond motifs is 3. The summed E-state index contributed by atoms with van der Waals surface area (Å²) in [7, 11) is 0. The molecule has 3 aliphatic rings. The molecule has 2 aromatic rings. The van der Waals surface area contributed by atoms with E-state index in [1.807, 2.05) is 16.2 Å². The molecule has 1 aliphatic heterocycles. The Bertz CT molecular complexity index is 868. The third-order valence-corrected chi connectivity index (χ3v) is 8.23. The van der Waals surface area contributed by atoms with E-state index in [-0.39, 0.29) is 5.91 Å². The van der Waals surface area contributed by atoms with Crippen LogP contribution in [-0.4, -0.2) is 39.6 Å². The third-order valence-electron chi connectivity index (χ3n) is 6.12. The number of amides is 1. The highest BCUT2D eigenvalue weighted by molar-refractivity contribution is 8.00. The van der Waals surface area contributed by atoms with Gasteiger partial charge in [0.25, 0.3) is 0 Å². The summed E-state index contributed by atoms with van der Waals surface area (Å²) in [5.74, 6) is 3.11. The molecular formula is C21H27N3OS2. The first-order chi connectivity index (χ1) is 13.2. The smallest absolute Gasteiger partial charge is 0.232 e. The molecule has 1 atom stereocenters. The van der Waals surface area contributed by atoms with Crippen molar-refractivity contribution in [2.75, 3.05) is 18.8 Å². The quantitative estimate of drug-likeness (QED) is 0.545. The summed E-state index contributed by atoms with van der Waals surface area (Å²) in [6, 6.07) is 0. The minimum Gasteiger partial charge on any atom is -0.342 e. The van der Waals surface area contributed by atoms with E-state index in [1.54, 1.807) is 11.8 Å². The number of carbonyl (C=O) groups excluding carboxylic acids is 1. The lowest BCUT2D eigenvalue weighted by molar-refractivity contribution is -0.129. The Labute approximate surface area is 169 Å². The number of piperidine rings is 1. The van der Waals surface area contributed by atoms with Gasteiger partial charge < -0.3 is 4.90 Å². The van der Waals surface area contributed by atoms with Gasteiger partial charge in [0, 0.05) is 29.3 Å². The summed E-state index contributed by atoms with van der Waals surface area (Å²) < 4.78 is 0. The van der Waals surface area contributed by atoms with Crippen LogP contribution in [0.3, 0.4) is 0 Å². The molecular weight excluding hydrogens is 374 g/mol. The van der Waals surface area contributed by atoms with Crippen LogP contribution in [0, 0.1) is 5.92 Å². The largest absolute Gasteiger partial charge is 0.342 e. The minimum atomic E-state index is 0.275. The van der Waals surface area contributed by atoms with Crippen molar-refractivity contribution in [1.29, 1.82) is 0 Å². The zero-order valence-electron chi connectivity index (χ0n) is 16.0. The highest BCUT2D eigenvalue weighted by atomic mass is 32.2. The van der Waals surface area contributed by atoms with E-state index in [9.17, 15) is 4.79 Å². The molecule has 2 fully saturated rings. The van der Waals surface area contributed by atoms with Gasteiger partial charge in [0.2, 0.25) is 5.91 Å². The molecule has 0 radical (unpaired) electrons. The topological polar surface area (TPSA) is 46.1 Å². The van der Waals surface area contributed by atoms with Gasteiger partial charge in [-0.2, -0.15) is 0 Å². The molecule has 3 heterocycles. The van der Waals surface area contributed by atoms with E-state index in [4.69, 9.17) is 9.97 Å². The average molecular weight is 402 g/mol. The number of hydrogen-bond acceptors (Lipinski definition) is 5. The number of hydrogen-bond donors (Lipinski definition) is 0. The summed E-state index contributed by atoms with van der Waals surface area (Å²) in [6.45, 7) is 4.21. The zero-order valence-corrected chi connectivity index (χ0v) is 17.6. The van der Waals surface area contributed by atoms with Crippen molar-refractivity contribution >= 4 is 39.2 Å². The maximum atomic E-state index is 12.7. The van der Waals surface area contributed by atoms with Crippen molar-refractivity contribution in [3.05, 3.63) is 16.3 Å². The molecule has 0 aromatic carbocycles. The highest BCUT2D eigenvalue weighted by Gasteiger charge is 2.30. The Morgan fingerprint density at radius 2 is 2.00 bits per heavy atom. The van der Waals surface area contributed by atoms with Crippen LogP contribution in [0.1, 0.15) is 67.6 Å². The molecule has 0 N–H and O–H groups in total. The SMILES string of the molecule is C[C@@H]1CCc2c(sc3nc(C4CC4)nc(SCC(=O)N4CCCCC4)c23)C1. The maximum absolute atomic E-state index is 12.7. The number of carbonyl (C=O) groups is 1. The summed E-state index contributed by atoms with van der Waals surface area (Å²) >= 11 is 3.53. The number of thioether (sulfide) groups is 1. The van der Waals surface area contributed by atoms with E-state index in [1.165, 1.54) is 52.8 Å². The molecule has 2 aromatic heterocycles. The van der Waals surface area contributed by atoms with E-state index >= 15 is 0 Å². The van der Waals surface area contributed by atoms with Crippen LogP contribution in [0.5, 0.6) is 0 Å².